The quantitative estimate of drug-likeness (QED) is 0.193. The number of amides is 2. The fraction of sp³-hybridized carbons (Fsp3) is 0.0345. The van der Waals surface area contributed by atoms with Crippen molar-refractivity contribution in [3.8, 4) is 11.1 Å². The average Bonchev–Trinajstić information content (AvgIpc) is 3.21. The van der Waals surface area contributed by atoms with E-state index in [1.165, 1.54) is 12.1 Å². The Hall–Kier alpha value is -5.04. The fourth-order valence-electron chi connectivity index (χ4n) is 4.36. The van der Waals surface area contributed by atoms with Gasteiger partial charge in [0.2, 0.25) is 0 Å². The summed E-state index contributed by atoms with van der Waals surface area (Å²) in [5.41, 5.74) is 5.03. The molecule has 1 aliphatic rings. The van der Waals surface area contributed by atoms with Crippen LogP contribution in [0.3, 0.4) is 0 Å². The van der Waals surface area contributed by atoms with Gasteiger partial charge in [-0.1, -0.05) is 54.6 Å². The van der Waals surface area contributed by atoms with Gasteiger partial charge in [0.1, 0.15) is 5.70 Å². The molecule has 0 aliphatic heterocycles. The maximum Gasteiger partial charge on any atom is 0.272 e. The van der Waals surface area contributed by atoms with Crippen molar-refractivity contribution in [1.29, 1.82) is 0 Å². The first-order chi connectivity index (χ1) is 17.4. The number of hydrogen-bond acceptors (Lipinski definition) is 4. The van der Waals surface area contributed by atoms with E-state index in [4.69, 9.17) is 0 Å². The third-order valence-electron chi connectivity index (χ3n) is 6.00. The number of carbonyl (C=O) groups is 2. The molecule has 5 rings (SSSR count). The predicted octanol–water partition coefficient (Wildman–Crippen LogP) is 5.71. The lowest BCUT2D eigenvalue weighted by atomic mass is 10.00. The number of nitro groups is 1. The normalized spacial score (nSPS) is 12.8. The molecule has 0 saturated carbocycles. The Balaban J connectivity index is 1.70. The first-order valence-corrected chi connectivity index (χ1v) is 11.3. The highest BCUT2D eigenvalue weighted by atomic mass is 16.6. The molecule has 176 valence electrons. The Kier molecular flexibility index (Phi) is 5.88. The molecule has 0 radical (unpaired) electrons. The topological polar surface area (TPSA) is 101 Å². The van der Waals surface area contributed by atoms with Crippen LogP contribution in [0.2, 0.25) is 0 Å². The minimum atomic E-state index is -0.533. The van der Waals surface area contributed by atoms with E-state index in [1.807, 2.05) is 49.4 Å². The van der Waals surface area contributed by atoms with Gasteiger partial charge in [0, 0.05) is 29.0 Å². The molecule has 0 aromatic heterocycles. The molecule has 0 heterocycles. The second-order valence-corrected chi connectivity index (χ2v) is 8.43. The molecule has 4 aromatic carbocycles. The van der Waals surface area contributed by atoms with Crippen LogP contribution >= 0.6 is 0 Å². The molecule has 0 atom stereocenters. The van der Waals surface area contributed by atoms with Crippen molar-refractivity contribution in [1.82, 2.24) is 5.32 Å². The van der Waals surface area contributed by atoms with Crippen LogP contribution in [0, 0.1) is 17.0 Å². The van der Waals surface area contributed by atoms with Gasteiger partial charge in [-0.3, -0.25) is 19.7 Å². The van der Waals surface area contributed by atoms with E-state index in [1.54, 1.807) is 42.5 Å². The Morgan fingerprint density at radius 1 is 0.750 bits per heavy atom. The first kappa shape index (κ1) is 22.7. The number of carbonyl (C=O) groups excluding carboxylic acids is 2. The van der Waals surface area contributed by atoms with Gasteiger partial charge in [-0.15, -0.1) is 0 Å². The zero-order chi connectivity index (χ0) is 25.2. The van der Waals surface area contributed by atoms with Crippen molar-refractivity contribution in [2.24, 2.45) is 0 Å². The second kappa shape index (κ2) is 9.31. The lowest BCUT2D eigenvalue weighted by Gasteiger charge is -2.16. The van der Waals surface area contributed by atoms with Crippen molar-refractivity contribution < 1.29 is 14.5 Å². The first-order valence-electron chi connectivity index (χ1n) is 11.3. The van der Waals surface area contributed by atoms with Crippen molar-refractivity contribution in [3.63, 3.8) is 0 Å². The number of benzene rings is 4. The molecule has 0 bridgehead atoms. The molecule has 0 saturated heterocycles. The van der Waals surface area contributed by atoms with Crippen LogP contribution in [-0.2, 0) is 4.79 Å². The summed E-state index contributed by atoms with van der Waals surface area (Å²) in [7, 11) is 0. The van der Waals surface area contributed by atoms with E-state index in [9.17, 15) is 19.7 Å². The van der Waals surface area contributed by atoms with Crippen LogP contribution in [0.4, 0.5) is 11.4 Å². The summed E-state index contributed by atoms with van der Waals surface area (Å²) in [6.45, 7) is 1.91. The highest BCUT2D eigenvalue weighted by Gasteiger charge is 2.31. The van der Waals surface area contributed by atoms with Crippen molar-refractivity contribution in [2.75, 3.05) is 5.32 Å². The summed E-state index contributed by atoms with van der Waals surface area (Å²) in [4.78, 5) is 38.0. The van der Waals surface area contributed by atoms with Crippen LogP contribution in [-0.4, -0.2) is 16.7 Å². The van der Waals surface area contributed by atoms with Gasteiger partial charge in [-0.2, -0.15) is 0 Å². The number of anilines is 1. The number of nitro benzene ring substituents is 1. The van der Waals surface area contributed by atoms with Gasteiger partial charge in [-0.25, -0.2) is 0 Å². The minimum absolute atomic E-state index is 0.0112. The number of aryl methyl sites for hydroxylation is 1. The second-order valence-electron chi connectivity index (χ2n) is 8.43. The smallest absolute Gasteiger partial charge is 0.272 e. The Labute approximate surface area is 207 Å². The van der Waals surface area contributed by atoms with E-state index < -0.39 is 16.7 Å². The van der Waals surface area contributed by atoms with Gasteiger partial charge in [0.25, 0.3) is 17.5 Å². The maximum absolute atomic E-state index is 13.7. The number of nitrogens with zero attached hydrogens (tertiary/aromatic N) is 1. The molecule has 0 fully saturated rings. The van der Waals surface area contributed by atoms with Gasteiger partial charge in [0.15, 0.2) is 0 Å². The minimum Gasteiger partial charge on any atom is -0.321 e. The fourth-order valence-corrected chi connectivity index (χ4v) is 4.36. The molecule has 2 amide bonds. The number of fused-ring (bicyclic) bond motifs is 3. The molecular weight excluding hydrogens is 454 g/mol. The van der Waals surface area contributed by atoms with Crippen LogP contribution in [0.1, 0.15) is 27.0 Å². The summed E-state index contributed by atoms with van der Waals surface area (Å²) in [6, 6.07) is 27.9. The van der Waals surface area contributed by atoms with E-state index in [0.717, 1.165) is 16.7 Å². The molecule has 0 spiro atoms. The summed E-state index contributed by atoms with van der Waals surface area (Å²) in [5, 5.41) is 17.2. The molecule has 2 N–H and O–H groups in total. The summed E-state index contributed by atoms with van der Waals surface area (Å²) in [6.07, 6.45) is 0. The molecule has 7 heteroatoms. The number of nitrogens with one attached hydrogen (secondary N) is 2. The van der Waals surface area contributed by atoms with E-state index in [0.29, 0.717) is 28.0 Å². The van der Waals surface area contributed by atoms with Gasteiger partial charge in [0.05, 0.1) is 4.92 Å². The van der Waals surface area contributed by atoms with Crippen molar-refractivity contribution >= 4 is 28.8 Å². The largest absolute Gasteiger partial charge is 0.321 e. The van der Waals surface area contributed by atoms with E-state index in [2.05, 4.69) is 10.6 Å². The summed E-state index contributed by atoms with van der Waals surface area (Å²) < 4.78 is 0. The highest BCUT2D eigenvalue weighted by Crippen LogP contribution is 2.46. The Morgan fingerprint density at radius 2 is 1.44 bits per heavy atom. The maximum atomic E-state index is 13.7. The standard InChI is InChI=1S/C29H21N3O4/c1-18-8-7-11-20(16-18)30-29(34)27(31-28(33)19-9-3-2-4-10-19)26-24-13-6-5-12-22(24)23-15-14-21(32(35)36)17-25(23)26/h2-17H,1H3,(H,30,34)(H,31,33)/b27-26-. The van der Waals surface area contributed by atoms with Crippen molar-refractivity contribution in [2.45, 2.75) is 6.92 Å². The number of rotatable bonds is 5. The van der Waals surface area contributed by atoms with Crippen LogP contribution in [0.25, 0.3) is 16.7 Å². The molecule has 0 unspecified atom stereocenters. The summed E-state index contributed by atoms with van der Waals surface area (Å²) in [5.74, 6) is -0.997. The highest BCUT2D eigenvalue weighted by molar-refractivity contribution is 6.17. The van der Waals surface area contributed by atoms with Crippen molar-refractivity contribution in [3.05, 3.63) is 135 Å². The third kappa shape index (κ3) is 4.25. The zero-order valence-electron chi connectivity index (χ0n) is 19.3. The van der Waals surface area contributed by atoms with E-state index >= 15 is 0 Å². The molecule has 4 aromatic rings. The predicted molar refractivity (Wildman–Crippen MR) is 138 cm³/mol. The molecule has 1 aliphatic carbocycles. The molecule has 36 heavy (non-hydrogen) atoms. The number of hydrogen-bond donors (Lipinski definition) is 2. The van der Waals surface area contributed by atoms with Gasteiger partial charge in [-0.05, 0) is 65.1 Å². The van der Waals surface area contributed by atoms with Crippen LogP contribution < -0.4 is 10.6 Å². The van der Waals surface area contributed by atoms with Crippen LogP contribution in [0.5, 0.6) is 0 Å². The SMILES string of the molecule is Cc1cccc(NC(=O)/C(NC(=O)c2ccccc2)=C2\c3ccccc3-c3ccc([N+](=O)[O-])cc32)c1. The van der Waals surface area contributed by atoms with Gasteiger partial charge < -0.3 is 10.6 Å². The molecule has 7 nitrogen and oxygen atoms in total. The number of non-ortho nitro benzene ring substituents is 1. The lowest BCUT2D eigenvalue weighted by molar-refractivity contribution is -0.384. The third-order valence-corrected chi connectivity index (χ3v) is 6.00. The Morgan fingerprint density at radius 3 is 2.17 bits per heavy atom. The lowest BCUT2D eigenvalue weighted by Crippen LogP contribution is -2.32. The van der Waals surface area contributed by atoms with Crippen LogP contribution in [0.15, 0.2) is 103 Å². The van der Waals surface area contributed by atoms with E-state index in [-0.39, 0.29) is 11.4 Å². The zero-order valence-corrected chi connectivity index (χ0v) is 19.3. The summed E-state index contributed by atoms with van der Waals surface area (Å²) >= 11 is 0. The average molecular weight is 476 g/mol. The monoisotopic (exact) mass is 475 g/mol. The van der Waals surface area contributed by atoms with Gasteiger partial charge >= 0.3 is 0 Å². The Bertz CT molecular complexity index is 1560. The molecular formula is C29H21N3O4.